The van der Waals surface area contributed by atoms with Gasteiger partial charge in [-0.05, 0) is 20.2 Å². The number of fused-ring (bicyclic) bond motifs is 1. The summed E-state index contributed by atoms with van der Waals surface area (Å²) in [6.07, 6.45) is 3.32. The highest BCUT2D eigenvalue weighted by Crippen LogP contribution is 2.12. The molecule has 0 saturated heterocycles. The summed E-state index contributed by atoms with van der Waals surface area (Å²) in [5, 5.41) is 8.87. The third-order valence-electron chi connectivity index (χ3n) is 2.27. The Labute approximate surface area is 92.9 Å². The second-order valence-corrected chi connectivity index (χ2v) is 3.93. The predicted octanol–water partition coefficient (Wildman–Crippen LogP) is 1.09. The molecule has 0 aliphatic rings. The number of pyridine rings is 1. The molecular weight excluding hydrogens is 206 g/mol. The Balaban J connectivity index is 2.54. The summed E-state index contributed by atoms with van der Waals surface area (Å²) in [6.45, 7) is 0.737. The Hall–Kier alpha value is -1.88. The van der Waals surface area contributed by atoms with Crippen molar-refractivity contribution in [3.8, 4) is 0 Å². The van der Waals surface area contributed by atoms with E-state index in [0.717, 1.165) is 12.1 Å². The Bertz CT molecular complexity index is 531. The van der Waals surface area contributed by atoms with Gasteiger partial charge >= 0.3 is 5.97 Å². The number of carbonyl (C=O) groups is 1. The maximum atomic E-state index is 10.8. The van der Waals surface area contributed by atoms with Gasteiger partial charge in [-0.1, -0.05) is 6.07 Å². The molecule has 0 bridgehead atoms. The largest absolute Gasteiger partial charge is 0.476 e. The number of aromatic carboxylic acids is 1. The monoisotopic (exact) mass is 219 g/mol. The van der Waals surface area contributed by atoms with Gasteiger partial charge in [0.15, 0.2) is 5.69 Å². The summed E-state index contributed by atoms with van der Waals surface area (Å²) in [5.41, 5.74) is 1.79. The minimum atomic E-state index is -1.00. The van der Waals surface area contributed by atoms with Gasteiger partial charge in [-0.15, -0.1) is 0 Å². The minimum Gasteiger partial charge on any atom is -0.476 e. The molecule has 0 aliphatic carbocycles. The molecule has 5 nitrogen and oxygen atoms in total. The first kappa shape index (κ1) is 10.6. The van der Waals surface area contributed by atoms with Gasteiger partial charge in [-0.3, -0.25) is 0 Å². The molecule has 2 aromatic rings. The lowest BCUT2D eigenvalue weighted by atomic mass is 10.2. The Kier molecular flexibility index (Phi) is 2.62. The molecule has 0 saturated carbocycles. The highest BCUT2D eigenvalue weighted by atomic mass is 16.4. The molecule has 0 atom stereocenters. The van der Waals surface area contributed by atoms with E-state index in [-0.39, 0.29) is 5.69 Å². The number of imidazole rings is 1. The van der Waals surface area contributed by atoms with E-state index in [9.17, 15) is 4.79 Å². The van der Waals surface area contributed by atoms with E-state index in [1.54, 1.807) is 10.6 Å². The van der Waals surface area contributed by atoms with Gasteiger partial charge < -0.3 is 14.4 Å². The van der Waals surface area contributed by atoms with E-state index in [4.69, 9.17) is 5.11 Å². The van der Waals surface area contributed by atoms with Gasteiger partial charge in [0.25, 0.3) is 0 Å². The number of hydrogen-bond donors (Lipinski definition) is 1. The van der Waals surface area contributed by atoms with Crippen molar-refractivity contribution in [1.82, 2.24) is 14.3 Å². The lowest BCUT2D eigenvalue weighted by Crippen LogP contribution is -2.11. The van der Waals surface area contributed by atoms with Crippen LogP contribution in [0, 0.1) is 0 Å². The third-order valence-corrected chi connectivity index (χ3v) is 2.27. The van der Waals surface area contributed by atoms with E-state index < -0.39 is 5.97 Å². The Morgan fingerprint density at radius 2 is 2.31 bits per heavy atom. The first-order valence-corrected chi connectivity index (χ1v) is 4.92. The van der Waals surface area contributed by atoms with Gasteiger partial charge in [0.1, 0.15) is 5.65 Å². The average molecular weight is 219 g/mol. The summed E-state index contributed by atoms with van der Waals surface area (Å²) in [4.78, 5) is 16.9. The number of aromatic nitrogens is 2. The van der Waals surface area contributed by atoms with Crippen molar-refractivity contribution in [2.45, 2.75) is 6.54 Å². The minimum absolute atomic E-state index is 0.0752. The van der Waals surface area contributed by atoms with Crippen LogP contribution in [0.1, 0.15) is 16.1 Å². The molecule has 0 amide bonds. The van der Waals surface area contributed by atoms with Crippen LogP contribution in [0.2, 0.25) is 0 Å². The van der Waals surface area contributed by atoms with Crippen LogP contribution < -0.4 is 0 Å². The predicted molar refractivity (Wildman–Crippen MR) is 59.5 cm³/mol. The number of carboxylic acid groups (broad SMARTS) is 1. The van der Waals surface area contributed by atoms with E-state index in [0.29, 0.717) is 5.65 Å². The summed E-state index contributed by atoms with van der Waals surface area (Å²) < 4.78 is 1.74. The van der Waals surface area contributed by atoms with Crippen molar-refractivity contribution >= 4 is 11.6 Å². The molecule has 1 N–H and O–H groups in total. The highest BCUT2D eigenvalue weighted by Gasteiger charge is 2.11. The molecule has 0 spiro atoms. The third kappa shape index (κ3) is 1.90. The SMILES string of the molecule is CN(C)Cc1cccn2cc(C(=O)O)nc12. The van der Waals surface area contributed by atoms with Crippen LogP contribution in [0.25, 0.3) is 5.65 Å². The van der Waals surface area contributed by atoms with Crippen LogP contribution in [0.5, 0.6) is 0 Å². The van der Waals surface area contributed by atoms with Crippen LogP contribution in [0.4, 0.5) is 0 Å². The lowest BCUT2D eigenvalue weighted by molar-refractivity contribution is 0.0691. The van der Waals surface area contributed by atoms with E-state index in [1.165, 1.54) is 6.20 Å². The second-order valence-electron chi connectivity index (χ2n) is 3.93. The summed E-state index contributed by atoms with van der Waals surface area (Å²) in [6, 6.07) is 3.84. The zero-order valence-electron chi connectivity index (χ0n) is 9.21. The molecule has 0 fully saturated rings. The molecule has 16 heavy (non-hydrogen) atoms. The van der Waals surface area contributed by atoms with Crippen molar-refractivity contribution in [2.75, 3.05) is 14.1 Å². The van der Waals surface area contributed by atoms with Gasteiger partial charge in [0.2, 0.25) is 0 Å². The van der Waals surface area contributed by atoms with Gasteiger partial charge in [-0.2, -0.15) is 0 Å². The van der Waals surface area contributed by atoms with Crippen LogP contribution in [-0.2, 0) is 6.54 Å². The Morgan fingerprint density at radius 1 is 1.56 bits per heavy atom. The maximum Gasteiger partial charge on any atom is 0.356 e. The number of carboxylic acids is 1. The summed E-state index contributed by atoms with van der Waals surface area (Å²) in [7, 11) is 3.93. The standard InChI is InChI=1S/C11H13N3O2/c1-13(2)6-8-4-3-5-14-7-9(11(15)16)12-10(8)14/h3-5,7H,6H2,1-2H3,(H,15,16). The molecule has 0 aliphatic heterocycles. The van der Waals surface area contributed by atoms with E-state index >= 15 is 0 Å². The van der Waals surface area contributed by atoms with Crippen LogP contribution in [0.3, 0.4) is 0 Å². The normalized spacial score (nSPS) is 11.2. The van der Waals surface area contributed by atoms with Crippen molar-refractivity contribution < 1.29 is 9.90 Å². The fourth-order valence-electron chi connectivity index (χ4n) is 1.64. The zero-order valence-corrected chi connectivity index (χ0v) is 9.21. The van der Waals surface area contributed by atoms with Crippen LogP contribution in [0.15, 0.2) is 24.5 Å². The molecule has 2 heterocycles. The molecule has 0 radical (unpaired) electrons. The highest BCUT2D eigenvalue weighted by molar-refractivity contribution is 5.86. The average Bonchev–Trinajstić information content (AvgIpc) is 2.61. The molecule has 2 aromatic heterocycles. The zero-order chi connectivity index (χ0) is 11.7. The van der Waals surface area contributed by atoms with Gasteiger partial charge in [0.05, 0.1) is 0 Å². The molecule has 84 valence electrons. The fraction of sp³-hybridized carbons (Fsp3) is 0.273. The number of nitrogens with zero attached hydrogens (tertiary/aromatic N) is 3. The smallest absolute Gasteiger partial charge is 0.356 e. The Morgan fingerprint density at radius 3 is 2.94 bits per heavy atom. The van der Waals surface area contributed by atoms with Crippen LogP contribution >= 0.6 is 0 Å². The van der Waals surface area contributed by atoms with Gasteiger partial charge in [-0.25, -0.2) is 9.78 Å². The van der Waals surface area contributed by atoms with Crippen molar-refractivity contribution in [1.29, 1.82) is 0 Å². The van der Waals surface area contributed by atoms with E-state index in [1.807, 2.05) is 31.1 Å². The molecular formula is C11H13N3O2. The topological polar surface area (TPSA) is 57.8 Å². The van der Waals surface area contributed by atoms with Gasteiger partial charge in [0, 0.05) is 24.5 Å². The quantitative estimate of drug-likeness (QED) is 0.839. The fourth-order valence-corrected chi connectivity index (χ4v) is 1.64. The summed E-state index contributed by atoms with van der Waals surface area (Å²) >= 11 is 0. The first-order valence-electron chi connectivity index (χ1n) is 4.92. The van der Waals surface area contributed by atoms with E-state index in [2.05, 4.69) is 4.98 Å². The molecule has 0 aromatic carbocycles. The van der Waals surface area contributed by atoms with Crippen LogP contribution in [-0.4, -0.2) is 39.5 Å². The second kappa shape index (κ2) is 3.94. The van der Waals surface area contributed by atoms with Crippen molar-refractivity contribution in [2.24, 2.45) is 0 Å². The van der Waals surface area contributed by atoms with Crippen molar-refractivity contribution in [3.63, 3.8) is 0 Å². The molecule has 2 rings (SSSR count). The summed E-state index contributed by atoms with van der Waals surface area (Å²) in [5.74, 6) is -1.00. The number of rotatable bonds is 3. The molecule has 0 unspecified atom stereocenters. The molecule has 5 heteroatoms. The van der Waals surface area contributed by atoms with Crippen molar-refractivity contribution in [3.05, 3.63) is 35.8 Å². The number of hydrogen-bond acceptors (Lipinski definition) is 3. The lowest BCUT2D eigenvalue weighted by Gasteiger charge is -2.09. The first-order chi connectivity index (χ1) is 7.58. The maximum absolute atomic E-state index is 10.8.